The van der Waals surface area contributed by atoms with Gasteiger partial charge < -0.3 is 14.5 Å². The summed E-state index contributed by atoms with van der Waals surface area (Å²) in [6, 6.07) is 6.54. The Morgan fingerprint density at radius 2 is 1.85 bits per heavy atom. The summed E-state index contributed by atoms with van der Waals surface area (Å²) in [6.07, 6.45) is 0. The largest absolute Gasteiger partial charge is 0.482 e. The van der Waals surface area contributed by atoms with Gasteiger partial charge in [0.2, 0.25) is 0 Å². The summed E-state index contributed by atoms with van der Waals surface area (Å²) in [5.41, 5.74) is 1.23. The zero-order chi connectivity index (χ0) is 18.7. The molecule has 1 aliphatic rings. The lowest BCUT2D eigenvalue weighted by Crippen LogP contribution is -2.51. The van der Waals surface area contributed by atoms with E-state index in [-0.39, 0.29) is 18.4 Å². The van der Waals surface area contributed by atoms with Gasteiger partial charge >= 0.3 is 0 Å². The maximum absolute atomic E-state index is 12.4. The van der Waals surface area contributed by atoms with Crippen molar-refractivity contribution >= 4 is 35.0 Å². The number of carbonyl (C=O) groups is 2. The van der Waals surface area contributed by atoms with Crippen molar-refractivity contribution < 1.29 is 14.3 Å². The highest BCUT2D eigenvalue weighted by atomic mass is 35.5. The van der Waals surface area contributed by atoms with Gasteiger partial charge in [-0.2, -0.15) is 5.10 Å². The number of ether oxygens (including phenoxy) is 1. The number of rotatable bonds is 4. The van der Waals surface area contributed by atoms with E-state index in [1.165, 1.54) is 0 Å². The highest BCUT2D eigenvalue weighted by Crippen LogP contribution is 2.27. The van der Waals surface area contributed by atoms with E-state index < -0.39 is 0 Å². The molecule has 9 heteroatoms. The number of nitrogens with zero attached hydrogens (tertiary/aromatic N) is 3. The topological polar surface area (TPSA) is 78.5 Å². The molecule has 0 aliphatic carbocycles. The number of hydrogen-bond acceptors (Lipinski definition) is 4. The highest BCUT2D eigenvalue weighted by Gasteiger charge is 2.26. The zero-order valence-electron chi connectivity index (χ0n) is 14.2. The van der Waals surface area contributed by atoms with Crippen LogP contribution in [0.1, 0.15) is 16.2 Å². The van der Waals surface area contributed by atoms with Gasteiger partial charge in [0.1, 0.15) is 11.4 Å². The average molecular weight is 397 g/mol. The Bertz CT molecular complexity index is 816. The normalized spacial score (nSPS) is 14.4. The molecule has 26 heavy (non-hydrogen) atoms. The number of aromatic amines is 1. The molecule has 0 spiro atoms. The molecule has 138 valence electrons. The quantitative estimate of drug-likeness (QED) is 0.860. The van der Waals surface area contributed by atoms with E-state index in [9.17, 15) is 9.59 Å². The van der Waals surface area contributed by atoms with Crippen molar-refractivity contribution in [3.8, 4) is 5.75 Å². The maximum atomic E-state index is 12.4. The van der Waals surface area contributed by atoms with Crippen LogP contribution < -0.4 is 4.74 Å². The first-order valence-corrected chi connectivity index (χ1v) is 8.86. The SMILES string of the molecule is Cc1cc(C(=O)N2CCN(C(=O)COc3ccc(Cl)cc3Cl)CC2)n[nH]1. The van der Waals surface area contributed by atoms with Crippen LogP contribution in [0.4, 0.5) is 0 Å². The monoisotopic (exact) mass is 396 g/mol. The molecule has 1 saturated heterocycles. The fraction of sp³-hybridized carbons (Fsp3) is 0.353. The van der Waals surface area contributed by atoms with Crippen molar-refractivity contribution in [1.82, 2.24) is 20.0 Å². The molecule has 0 atom stereocenters. The lowest BCUT2D eigenvalue weighted by Gasteiger charge is -2.34. The van der Waals surface area contributed by atoms with E-state index in [0.717, 1.165) is 5.69 Å². The third kappa shape index (κ3) is 4.28. The van der Waals surface area contributed by atoms with Gasteiger partial charge in [0.25, 0.3) is 11.8 Å². The van der Waals surface area contributed by atoms with Gasteiger partial charge in [0.05, 0.1) is 5.02 Å². The summed E-state index contributed by atoms with van der Waals surface area (Å²) in [7, 11) is 0. The van der Waals surface area contributed by atoms with Gasteiger partial charge in [-0.25, -0.2) is 0 Å². The second kappa shape index (κ2) is 7.97. The molecule has 1 aromatic heterocycles. The van der Waals surface area contributed by atoms with Crippen molar-refractivity contribution in [2.45, 2.75) is 6.92 Å². The number of amides is 2. The van der Waals surface area contributed by atoms with Crippen LogP contribution in [-0.2, 0) is 4.79 Å². The molecular weight excluding hydrogens is 379 g/mol. The molecule has 2 heterocycles. The van der Waals surface area contributed by atoms with E-state index in [1.54, 1.807) is 34.1 Å². The van der Waals surface area contributed by atoms with Crippen LogP contribution in [0.2, 0.25) is 10.0 Å². The van der Waals surface area contributed by atoms with Crippen LogP contribution >= 0.6 is 23.2 Å². The molecule has 0 bridgehead atoms. The smallest absolute Gasteiger partial charge is 0.274 e. The Morgan fingerprint density at radius 1 is 1.15 bits per heavy atom. The number of aryl methyl sites for hydroxylation is 1. The number of H-pyrrole nitrogens is 1. The Morgan fingerprint density at radius 3 is 2.46 bits per heavy atom. The van der Waals surface area contributed by atoms with Crippen LogP contribution in [0, 0.1) is 6.92 Å². The van der Waals surface area contributed by atoms with E-state index in [1.807, 2.05) is 6.92 Å². The van der Waals surface area contributed by atoms with Gasteiger partial charge in [0.15, 0.2) is 6.61 Å². The van der Waals surface area contributed by atoms with Gasteiger partial charge in [-0.1, -0.05) is 23.2 Å². The van der Waals surface area contributed by atoms with Crippen molar-refractivity contribution in [3.05, 3.63) is 45.7 Å². The predicted octanol–water partition coefficient (Wildman–Crippen LogP) is 2.39. The minimum atomic E-state index is -0.154. The Hall–Kier alpha value is -2.25. The summed E-state index contributed by atoms with van der Waals surface area (Å²) < 4.78 is 5.48. The van der Waals surface area contributed by atoms with E-state index >= 15 is 0 Å². The number of nitrogens with one attached hydrogen (secondary N) is 1. The summed E-state index contributed by atoms with van der Waals surface area (Å²) in [4.78, 5) is 28.0. The Kier molecular flexibility index (Phi) is 5.68. The first-order chi connectivity index (χ1) is 12.4. The van der Waals surface area contributed by atoms with Crippen LogP contribution in [0.25, 0.3) is 0 Å². The first kappa shape index (κ1) is 18.5. The lowest BCUT2D eigenvalue weighted by atomic mass is 10.2. The van der Waals surface area contributed by atoms with Gasteiger partial charge in [-0.15, -0.1) is 0 Å². The zero-order valence-corrected chi connectivity index (χ0v) is 15.7. The van der Waals surface area contributed by atoms with Gasteiger partial charge in [-0.3, -0.25) is 14.7 Å². The molecule has 0 saturated carbocycles. The van der Waals surface area contributed by atoms with Crippen LogP contribution in [-0.4, -0.2) is 64.6 Å². The molecule has 1 aliphatic heterocycles. The highest BCUT2D eigenvalue weighted by molar-refractivity contribution is 6.35. The minimum Gasteiger partial charge on any atom is -0.482 e. The molecule has 1 N–H and O–H groups in total. The van der Waals surface area contributed by atoms with Crippen LogP contribution in [0.15, 0.2) is 24.3 Å². The summed E-state index contributed by atoms with van der Waals surface area (Å²) >= 11 is 11.9. The number of benzene rings is 1. The van der Waals surface area contributed by atoms with E-state index in [2.05, 4.69) is 10.2 Å². The van der Waals surface area contributed by atoms with Gasteiger partial charge in [-0.05, 0) is 31.2 Å². The fourth-order valence-corrected chi connectivity index (χ4v) is 3.13. The van der Waals surface area contributed by atoms with Crippen molar-refractivity contribution in [1.29, 1.82) is 0 Å². The Labute approximate surface area is 160 Å². The van der Waals surface area contributed by atoms with Crippen LogP contribution in [0.5, 0.6) is 5.75 Å². The second-order valence-electron chi connectivity index (χ2n) is 5.97. The summed E-state index contributed by atoms with van der Waals surface area (Å²) in [5.74, 6) is 0.122. The average Bonchev–Trinajstić information content (AvgIpc) is 3.06. The lowest BCUT2D eigenvalue weighted by molar-refractivity contribution is -0.134. The molecule has 0 unspecified atom stereocenters. The first-order valence-electron chi connectivity index (χ1n) is 8.11. The molecule has 1 aromatic carbocycles. The standard InChI is InChI=1S/C17H18Cl2N4O3/c1-11-8-14(21-20-11)17(25)23-6-4-22(5-7-23)16(24)10-26-15-3-2-12(18)9-13(15)19/h2-3,8-9H,4-7,10H2,1H3,(H,20,21). The Balaban J connectivity index is 1.49. The number of aromatic nitrogens is 2. The number of hydrogen-bond donors (Lipinski definition) is 1. The molecule has 7 nitrogen and oxygen atoms in total. The molecule has 0 radical (unpaired) electrons. The third-order valence-electron chi connectivity index (χ3n) is 4.09. The summed E-state index contributed by atoms with van der Waals surface area (Å²) in [5, 5.41) is 7.60. The molecule has 2 aromatic rings. The minimum absolute atomic E-state index is 0.117. The molecule has 1 fully saturated rings. The van der Waals surface area contributed by atoms with E-state index in [4.69, 9.17) is 27.9 Å². The summed E-state index contributed by atoms with van der Waals surface area (Å²) in [6.45, 7) is 3.54. The van der Waals surface area contributed by atoms with E-state index in [0.29, 0.717) is 47.7 Å². The van der Waals surface area contributed by atoms with Crippen molar-refractivity contribution in [2.24, 2.45) is 0 Å². The number of halogens is 2. The third-order valence-corrected chi connectivity index (χ3v) is 4.62. The second-order valence-corrected chi connectivity index (χ2v) is 6.82. The van der Waals surface area contributed by atoms with Gasteiger partial charge in [0, 0.05) is 36.9 Å². The maximum Gasteiger partial charge on any atom is 0.274 e. The molecule has 3 rings (SSSR count). The number of piperazine rings is 1. The number of carbonyl (C=O) groups excluding carboxylic acids is 2. The molecule has 2 amide bonds. The van der Waals surface area contributed by atoms with Crippen LogP contribution in [0.3, 0.4) is 0 Å². The van der Waals surface area contributed by atoms with Crippen molar-refractivity contribution in [3.63, 3.8) is 0 Å². The predicted molar refractivity (Wildman–Crippen MR) is 97.8 cm³/mol. The molecular formula is C17H18Cl2N4O3. The fourth-order valence-electron chi connectivity index (χ4n) is 2.67. The van der Waals surface area contributed by atoms with Crippen molar-refractivity contribution in [2.75, 3.05) is 32.8 Å².